The van der Waals surface area contributed by atoms with Crippen molar-refractivity contribution >= 4 is 29.9 Å². The molecule has 2 N–H and O–H groups in total. The lowest BCUT2D eigenvalue weighted by Gasteiger charge is -2.12. The van der Waals surface area contributed by atoms with Crippen LogP contribution in [0.25, 0.3) is 5.69 Å². The van der Waals surface area contributed by atoms with Crippen LogP contribution in [-0.2, 0) is 13.1 Å². The number of aliphatic imine (C=N–C) groups is 1. The minimum atomic E-state index is 0. The summed E-state index contributed by atoms with van der Waals surface area (Å²) >= 11 is 0. The monoisotopic (exact) mass is 476 g/mol. The second-order valence-electron chi connectivity index (χ2n) is 6.04. The van der Waals surface area contributed by atoms with Crippen molar-refractivity contribution in [1.29, 1.82) is 0 Å². The molecule has 0 radical (unpaired) electrons. The normalized spacial score (nSPS) is 11.0. The third kappa shape index (κ3) is 6.35. The molecule has 3 aromatic rings. The summed E-state index contributed by atoms with van der Waals surface area (Å²) in [5.41, 5.74) is 4.63. The van der Waals surface area contributed by atoms with E-state index in [0.717, 1.165) is 18.2 Å². The van der Waals surface area contributed by atoms with E-state index in [-0.39, 0.29) is 24.0 Å². The standard InChI is InChI=1S/C20H24N6.HI/c1-3-22-20(24-13-18-6-4-5-16(2)11-18)23-12-17-7-9-19(10-8-17)26-15-21-14-25-26;/h4-11,14-15H,3,12-13H2,1-2H3,(H2,22,23,24);1H. The van der Waals surface area contributed by atoms with Gasteiger partial charge in [-0.3, -0.25) is 0 Å². The molecule has 1 aromatic heterocycles. The van der Waals surface area contributed by atoms with Gasteiger partial charge in [-0.15, -0.1) is 24.0 Å². The smallest absolute Gasteiger partial charge is 0.191 e. The summed E-state index contributed by atoms with van der Waals surface area (Å²) in [7, 11) is 0. The van der Waals surface area contributed by atoms with E-state index in [1.165, 1.54) is 23.0 Å². The molecule has 6 nitrogen and oxygen atoms in total. The van der Waals surface area contributed by atoms with E-state index in [2.05, 4.69) is 76.0 Å². The Morgan fingerprint density at radius 3 is 2.56 bits per heavy atom. The van der Waals surface area contributed by atoms with Crippen LogP contribution in [0, 0.1) is 6.92 Å². The van der Waals surface area contributed by atoms with Crippen LogP contribution < -0.4 is 10.6 Å². The lowest BCUT2D eigenvalue weighted by atomic mass is 10.1. The summed E-state index contributed by atoms with van der Waals surface area (Å²) in [6, 6.07) is 16.6. The van der Waals surface area contributed by atoms with E-state index >= 15 is 0 Å². The Balaban J connectivity index is 0.00000261. The zero-order chi connectivity index (χ0) is 18.2. The van der Waals surface area contributed by atoms with Gasteiger partial charge in [0.1, 0.15) is 12.7 Å². The molecule has 0 unspecified atom stereocenters. The molecule has 0 saturated carbocycles. The average Bonchev–Trinajstić information content (AvgIpc) is 3.19. The minimum absolute atomic E-state index is 0. The molecule has 1 heterocycles. The van der Waals surface area contributed by atoms with Crippen molar-refractivity contribution in [2.24, 2.45) is 4.99 Å². The van der Waals surface area contributed by atoms with Gasteiger partial charge in [0.25, 0.3) is 0 Å². The molecule has 0 aliphatic rings. The third-order valence-corrected chi connectivity index (χ3v) is 3.93. The first-order valence-electron chi connectivity index (χ1n) is 8.76. The number of halogens is 1. The molecule has 0 amide bonds. The molecule has 0 aliphatic carbocycles. The van der Waals surface area contributed by atoms with Gasteiger partial charge in [0.2, 0.25) is 0 Å². The fraction of sp³-hybridized carbons (Fsp3) is 0.250. The van der Waals surface area contributed by atoms with Gasteiger partial charge in [-0.1, -0.05) is 42.0 Å². The van der Waals surface area contributed by atoms with E-state index in [9.17, 15) is 0 Å². The predicted octanol–water partition coefficient (Wildman–Crippen LogP) is 3.45. The van der Waals surface area contributed by atoms with E-state index in [4.69, 9.17) is 0 Å². The number of hydrogen-bond acceptors (Lipinski definition) is 3. The number of nitrogens with one attached hydrogen (secondary N) is 2. The van der Waals surface area contributed by atoms with E-state index < -0.39 is 0 Å². The Kier molecular flexibility index (Phi) is 8.25. The van der Waals surface area contributed by atoms with Crippen LogP contribution in [0.4, 0.5) is 0 Å². The summed E-state index contributed by atoms with van der Waals surface area (Å²) in [5.74, 6) is 0.814. The SMILES string of the molecule is CCNC(=NCc1cccc(C)c1)NCc1ccc(-n2cncn2)cc1.I. The second-order valence-corrected chi connectivity index (χ2v) is 6.04. The Labute approximate surface area is 177 Å². The van der Waals surface area contributed by atoms with Gasteiger partial charge in [0.15, 0.2) is 5.96 Å². The minimum Gasteiger partial charge on any atom is -0.357 e. The van der Waals surface area contributed by atoms with Crippen LogP contribution >= 0.6 is 24.0 Å². The number of benzene rings is 2. The zero-order valence-electron chi connectivity index (χ0n) is 15.6. The highest BCUT2D eigenvalue weighted by molar-refractivity contribution is 14.0. The lowest BCUT2D eigenvalue weighted by Crippen LogP contribution is -2.36. The molecule has 0 spiro atoms. The van der Waals surface area contributed by atoms with Gasteiger partial charge in [0.05, 0.1) is 12.2 Å². The molecular weight excluding hydrogens is 451 g/mol. The Bertz CT molecular complexity index is 843. The first kappa shape index (κ1) is 20.9. The van der Waals surface area contributed by atoms with Crippen LogP contribution in [-0.4, -0.2) is 27.3 Å². The first-order chi connectivity index (χ1) is 12.7. The van der Waals surface area contributed by atoms with Crippen LogP contribution in [0.3, 0.4) is 0 Å². The van der Waals surface area contributed by atoms with Crippen LogP contribution in [0.1, 0.15) is 23.6 Å². The number of rotatable bonds is 6. The summed E-state index contributed by atoms with van der Waals surface area (Å²) in [4.78, 5) is 8.64. The van der Waals surface area contributed by atoms with Crippen molar-refractivity contribution in [3.8, 4) is 5.69 Å². The molecule has 7 heteroatoms. The van der Waals surface area contributed by atoms with Crippen molar-refractivity contribution in [1.82, 2.24) is 25.4 Å². The van der Waals surface area contributed by atoms with Gasteiger partial charge in [-0.2, -0.15) is 5.10 Å². The molecule has 3 rings (SSSR count). The Morgan fingerprint density at radius 2 is 1.89 bits per heavy atom. The van der Waals surface area contributed by atoms with E-state index in [0.29, 0.717) is 13.1 Å². The maximum absolute atomic E-state index is 4.67. The van der Waals surface area contributed by atoms with Crippen molar-refractivity contribution < 1.29 is 0 Å². The van der Waals surface area contributed by atoms with Crippen LogP contribution in [0.15, 0.2) is 66.2 Å². The highest BCUT2D eigenvalue weighted by Crippen LogP contribution is 2.08. The Hall–Kier alpha value is -2.42. The summed E-state index contributed by atoms with van der Waals surface area (Å²) < 4.78 is 1.74. The maximum atomic E-state index is 4.67. The number of nitrogens with zero attached hydrogens (tertiary/aromatic N) is 4. The second kappa shape index (κ2) is 10.7. The van der Waals surface area contributed by atoms with Gasteiger partial charge >= 0.3 is 0 Å². The van der Waals surface area contributed by atoms with Gasteiger partial charge < -0.3 is 10.6 Å². The third-order valence-electron chi connectivity index (χ3n) is 3.93. The molecule has 0 atom stereocenters. The van der Waals surface area contributed by atoms with Crippen molar-refractivity contribution in [3.05, 3.63) is 77.9 Å². The average molecular weight is 476 g/mol. The zero-order valence-corrected chi connectivity index (χ0v) is 17.9. The van der Waals surface area contributed by atoms with Crippen LogP contribution in [0.2, 0.25) is 0 Å². The lowest BCUT2D eigenvalue weighted by molar-refractivity contribution is 0.814. The molecular formula is C20H25IN6. The highest BCUT2D eigenvalue weighted by Gasteiger charge is 2.01. The van der Waals surface area contributed by atoms with E-state index in [1.807, 2.05) is 12.1 Å². The van der Waals surface area contributed by atoms with Gasteiger partial charge in [0, 0.05) is 13.1 Å². The number of aromatic nitrogens is 3. The Morgan fingerprint density at radius 1 is 1.07 bits per heavy atom. The molecule has 0 fully saturated rings. The van der Waals surface area contributed by atoms with E-state index in [1.54, 1.807) is 11.0 Å². The summed E-state index contributed by atoms with van der Waals surface area (Å²) in [5, 5.41) is 10.8. The molecule has 142 valence electrons. The number of guanidine groups is 1. The molecule has 0 saturated heterocycles. The largest absolute Gasteiger partial charge is 0.357 e. The molecule has 2 aromatic carbocycles. The highest BCUT2D eigenvalue weighted by atomic mass is 127. The summed E-state index contributed by atoms with van der Waals surface area (Å²) in [6.07, 6.45) is 3.22. The molecule has 0 bridgehead atoms. The van der Waals surface area contributed by atoms with Crippen LogP contribution in [0.5, 0.6) is 0 Å². The first-order valence-corrected chi connectivity index (χ1v) is 8.76. The quantitative estimate of drug-likeness (QED) is 0.325. The maximum Gasteiger partial charge on any atom is 0.191 e. The predicted molar refractivity (Wildman–Crippen MR) is 120 cm³/mol. The van der Waals surface area contributed by atoms with Gasteiger partial charge in [-0.05, 0) is 37.1 Å². The van der Waals surface area contributed by atoms with Crippen molar-refractivity contribution in [2.75, 3.05) is 6.54 Å². The van der Waals surface area contributed by atoms with Gasteiger partial charge in [-0.25, -0.2) is 14.7 Å². The van der Waals surface area contributed by atoms with Crippen molar-refractivity contribution in [2.45, 2.75) is 26.9 Å². The summed E-state index contributed by atoms with van der Waals surface area (Å²) in [6.45, 7) is 6.35. The molecule has 0 aliphatic heterocycles. The fourth-order valence-electron chi connectivity index (χ4n) is 2.62. The topological polar surface area (TPSA) is 67.1 Å². The number of aryl methyl sites for hydroxylation is 1. The van der Waals surface area contributed by atoms with Crippen molar-refractivity contribution in [3.63, 3.8) is 0 Å². The fourth-order valence-corrected chi connectivity index (χ4v) is 2.62. The number of hydrogen-bond donors (Lipinski definition) is 2. The molecule has 27 heavy (non-hydrogen) atoms.